The molecule has 0 spiro atoms. The molecule has 0 bridgehead atoms. The summed E-state index contributed by atoms with van der Waals surface area (Å²) in [6.45, 7) is 7.31. The third-order valence-corrected chi connectivity index (χ3v) is 1.74. The highest BCUT2D eigenvalue weighted by atomic mass is 16.1. The van der Waals surface area contributed by atoms with Crippen molar-refractivity contribution in [1.82, 2.24) is 15.8 Å². The molecule has 0 aromatic carbocycles. The average Bonchev–Trinajstić information content (AvgIpc) is 2.39. The molecule has 4 nitrogen and oxygen atoms in total. The zero-order valence-corrected chi connectivity index (χ0v) is 7.27. The molecule has 1 amide bonds. The van der Waals surface area contributed by atoms with Crippen LogP contribution in [0.3, 0.4) is 0 Å². The quantitative estimate of drug-likeness (QED) is 0.552. The van der Waals surface area contributed by atoms with E-state index in [2.05, 4.69) is 29.6 Å². The summed E-state index contributed by atoms with van der Waals surface area (Å²) in [6.07, 6.45) is 0. The van der Waals surface area contributed by atoms with Crippen molar-refractivity contribution in [1.29, 1.82) is 0 Å². The molecule has 2 N–H and O–H groups in total. The van der Waals surface area contributed by atoms with Crippen LogP contribution in [-0.4, -0.2) is 29.7 Å². The highest BCUT2D eigenvalue weighted by molar-refractivity contribution is 5.72. The molecule has 64 valence electrons. The summed E-state index contributed by atoms with van der Waals surface area (Å²) in [5.41, 5.74) is 3.30. The van der Waals surface area contributed by atoms with Crippen LogP contribution in [0, 0.1) is 0 Å². The fourth-order valence-electron chi connectivity index (χ4n) is 0.984. The largest absolute Gasteiger partial charge is 0.355 e. The first kappa shape index (κ1) is 8.49. The summed E-state index contributed by atoms with van der Waals surface area (Å²) >= 11 is 0. The maximum atomic E-state index is 10.5. The lowest BCUT2D eigenvalue weighted by Crippen LogP contribution is -2.27. The van der Waals surface area contributed by atoms with Crippen LogP contribution < -0.4 is 10.7 Å². The van der Waals surface area contributed by atoms with Crippen molar-refractivity contribution in [2.24, 2.45) is 0 Å². The summed E-state index contributed by atoms with van der Waals surface area (Å²) in [4.78, 5) is 10.5. The average molecular weight is 157 g/mol. The minimum absolute atomic E-state index is 0.0321. The molecular weight excluding hydrogens is 142 g/mol. The van der Waals surface area contributed by atoms with Gasteiger partial charge in [-0.3, -0.25) is 4.79 Å². The molecule has 1 rings (SSSR count). The van der Waals surface area contributed by atoms with Gasteiger partial charge in [-0.25, -0.2) is 10.4 Å². The van der Waals surface area contributed by atoms with Gasteiger partial charge in [-0.1, -0.05) is 0 Å². The number of carbonyl (C=O) groups is 1. The van der Waals surface area contributed by atoms with Gasteiger partial charge in [0.05, 0.1) is 5.66 Å². The van der Waals surface area contributed by atoms with Crippen molar-refractivity contribution >= 4 is 5.91 Å². The number of hydrogen-bond donors (Lipinski definition) is 2. The normalized spacial score (nSPS) is 26.3. The molecule has 11 heavy (non-hydrogen) atoms. The standard InChI is InChI=1S/C7H15N3O/c1-6(11)8-4-5-10-7(2,3)9-10/h9H,4-5H2,1-3H3,(H,8,11). The zero-order valence-electron chi connectivity index (χ0n) is 7.27. The molecule has 0 aliphatic carbocycles. The van der Waals surface area contributed by atoms with E-state index in [1.165, 1.54) is 6.92 Å². The second-order valence-corrected chi connectivity index (χ2v) is 3.31. The molecule has 0 aromatic heterocycles. The predicted octanol–water partition coefficient (Wildman–Crippen LogP) is -0.321. The van der Waals surface area contributed by atoms with E-state index < -0.39 is 0 Å². The molecule has 1 heterocycles. The molecule has 1 saturated heterocycles. The number of nitrogens with one attached hydrogen (secondary N) is 2. The fourth-order valence-corrected chi connectivity index (χ4v) is 0.984. The molecule has 1 aliphatic heterocycles. The minimum Gasteiger partial charge on any atom is -0.355 e. The summed E-state index contributed by atoms with van der Waals surface area (Å²) in [5.74, 6) is 0.0321. The molecule has 4 heteroatoms. The summed E-state index contributed by atoms with van der Waals surface area (Å²) in [7, 11) is 0. The van der Waals surface area contributed by atoms with Gasteiger partial charge in [0, 0.05) is 20.0 Å². The Bertz CT molecular complexity index is 167. The van der Waals surface area contributed by atoms with Crippen LogP contribution in [0.5, 0.6) is 0 Å². The number of amides is 1. The van der Waals surface area contributed by atoms with E-state index in [0.717, 1.165) is 6.54 Å². The summed E-state index contributed by atoms with van der Waals surface area (Å²) in [6, 6.07) is 0. The van der Waals surface area contributed by atoms with Crippen molar-refractivity contribution in [3.8, 4) is 0 Å². The van der Waals surface area contributed by atoms with Gasteiger partial charge < -0.3 is 5.32 Å². The van der Waals surface area contributed by atoms with E-state index in [4.69, 9.17) is 0 Å². The molecule has 1 fully saturated rings. The first-order valence-corrected chi connectivity index (χ1v) is 3.82. The van der Waals surface area contributed by atoms with Gasteiger partial charge in [0.15, 0.2) is 0 Å². The van der Waals surface area contributed by atoms with Gasteiger partial charge in [0.1, 0.15) is 0 Å². The van der Waals surface area contributed by atoms with Crippen molar-refractivity contribution in [3.63, 3.8) is 0 Å². The van der Waals surface area contributed by atoms with Crippen molar-refractivity contribution in [2.75, 3.05) is 13.1 Å². The summed E-state index contributed by atoms with van der Waals surface area (Å²) < 4.78 is 0. The van der Waals surface area contributed by atoms with E-state index in [-0.39, 0.29) is 11.6 Å². The third-order valence-electron chi connectivity index (χ3n) is 1.74. The lowest BCUT2D eigenvalue weighted by atomic mass is 10.3. The first-order valence-electron chi connectivity index (χ1n) is 3.82. The Morgan fingerprint density at radius 2 is 2.18 bits per heavy atom. The van der Waals surface area contributed by atoms with Crippen LogP contribution in [0.15, 0.2) is 0 Å². The molecule has 1 aliphatic rings. The zero-order chi connectivity index (χ0) is 8.48. The number of carbonyl (C=O) groups excluding carboxylic acids is 1. The van der Waals surface area contributed by atoms with E-state index in [1.807, 2.05) is 0 Å². The molecule has 1 unspecified atom stereocenters. The highest BCUT2D eigenvalue weighted by Crippen LogP contribution is 2.21. The van der Waals surface area contributed by atoms with E-state index in [0.29, 0.717) is 6.54 Å². The van der Waals surface area contributed by atoms with Gasteiger partial charge in [-0.15, -0.1) is 0 Å². The van der Waals surface area contributed by atoms with E-state index >= 15 is 0 Å². The Kier molecular flexibility index (Phi) is 2.15. The van der Waals surface area contributed by atoms with E-state index in [1.54, 1.807) is 0 Å². The van der Waals surface area contributed by atoms with Crippen LogP contribution in [0.1, 0.15) is 20.8 Å². The van der Waals surface area contributed by atoms with Gasteiger partial charge in [-0.2, -0.15) is 0 Å². The molecule has 0 saturated carbocycles. The van der Waals surface area contributed by atoms with Gasteiger partial charge >= 0.3 is 0 Å². The van der Waals surface area contributed by atoms with Crippen LogP contribution in [0.25, 0.3) is 0 Å². The number of hydrogen-bond acceptors (Lipinski definition) is 3. The molecule has 0 radical (unpaired) electrons. The highest BCUT2D eigenvalue weighted by Gasteiger charge is 2.41. The van der Waals surface area contributed by atoms with Gasteiger partial charge in [-0.05, 0) is 13.8 Å². The SMILES string of the molecule is CC(=O)NCCN1NC1(C)C. The number of rotatable bonds is 3. The third kappa shape index (κ3) is 2.48. The van der Waals surface area contributed by atoms with Gasteiger partial charge in [0.2, 0.25) is 5.91 Å². The van der Waals surface area contributed by atoms with E-state index in [9.17, 15) is 4.79 Å². The smallest absolute Gasteiger partial charge is 0.216 e. The second kappa shape index (κ2) is 2.79. The van der Waals surface area contributed by atoms with Crippen molar-refractivity contribution < 1.29 is 4.79 Å². The lowest BCUT2D eigenvalue weighted by Gasteiger charge is -2.03. The van der Waals surface area contributed by atoms with Crippen LogP contribution in [0.4, 0.5) is 0 Å². The predicted molar refractivity (Wildman–Crippen MR) is 42.6 cm³/mol. The Hall–Kier alpha value is -0.610. The van der Waals surface area contributed by atoms with Crippen LogP contribution in [-0.2, 0) is 4.79 Å². The number of nitrogens with zero attached hydrogens (tertiary/aromatic N) is 1. The number of hydrazine groups is 1. The monoisotopic (exact) mass is 157 g/mol. The van der Waals surface area contributed by atoms with Crippen molar-refractivity contribution in [2.45, 2.75) is 26.4 Å². The molecule has 0 aromatic rings. The summed E-state index contributed by atoms with van der Waals surface area (Å²) in [5, 5.41) is 4.82. The second-order valence-electron chi connectivity index (χ2n) is 3.31. The minimum atomic E-state index is 0.0321. The molecule has 1 atom stereocenters. The Balaban J connectivity index is 2.02. The topological polar surface area (TPSA) is 54.0 Å². The van der Waals surface area contributed by atoms with Gasteiger partial charge in [0.25, 0.3) is 0 Å². The molecular formula is C7H15N3O. The Morgan fingerprint density at radius 1 is 1.64 bits per heavy atom. The maximum Gasteiger partial charge on any atom is 0.216 e. The fraction of sp³-hybridized carbons (Fsp3) is 0.857. The van der Waals surface area contributed by atoms with Crippen LogP contribution in [0.2, 0.25) is 0 Å². The Morgan fingerprint density at radius 3 is 2.55 bits per heavy atom. The van der Waals surface area contributed by atoms with Crippen LogP contribution >= 0.6 is 0 Å². The Labute approximate surface area is 66.9 Å². The van der Waals surface area contributed by atoms with Crippen molar-refractivity contribution in [3.05, 3.63) is 0 Å². The first-order chi connectivity index (χ1) is 5.02. The lowest BCUT2D eigenvalue weighted by molar-refractivity contribution is -0.118. The maximum absolute atomic E-state index is 10.5.